The van der Waals surface area contributed by atoms with Crippen LogP contribution < -0.4 is 4.74 Å². The number of rotatable bonds is 3. The number of fused-ring (bicyclic) bond motifs is 1. The summed E-state index contributed by atoms with van der Waals surface area (Å²) in [5, 5.41) is 0. The number of aromatic nitrogens is 2. The van der Waals surface area contributed by atoms with Gasteiger partial charge in [-0.25, -0.2) is 9.37 Å². The van der Waals surface area contributed by atoms with Crippen molar-refractivity contribution < 1.29 is 18.3 Å². The smallest absolute Gasteiger partial charge is 0.256 e. The first-order chi connectivity index (χ1) is 12.1. The van der Waals surface area contributed by atoms with Crippen LogP contribution in [0.5, 0.6) is 5.75 Å². The first kappa shape index (κ1) is 15.6. The maximum absolute atomic E-state index is 14.1. The molecule has 0 aliphatic carbocycles. The Balaban J connectivity index is 1.50. The summed E-state index contributed by atoms with van der Waals surface area (Å²) in [6.07, 6.45) is 0. The highest BCUT2D eigenvalue weighted by Crippen LogP contribution is 2.30. The zero-order valence-electron chi connectivity index (χ0n) is 13.4. The Bertz CT molecular complexity index is 931. The number of hydrogen-bond donors (Lipinski definition) is 1. The van der Waals surface area contributed by atoms with Crippen molar-refractivity contribution in [3.8, 4) is 5.75 Å². The van der Waals surface area contributed by atoms with Crippen LogP contribution >= 0.6 is 0 Å². The molecule has 0 spiro atoms. The van der Waals surface area contributed by atoms with Crippen molar-refractivity contribution in [2.75, 3.05) is 20.2 Å². The second kappa shape index (κ2) is 5.84. The molecule has 2 aromatic carbocycles. The number of para-hydroxylation sites is 2. The van der Waals surface area contributed by atoms with Gasteiger partial charge in [-0.3, -0.25) is 4.79 Å². The van der Waals surface area contributed by atoms with Gasteiger partial charge in [0.05, 0.1) is 29.6 Å². The summed E-state index contributed by atoms with van der Waals surface area (Å²) in [5.41, 5.74) is 1.51. The summed E-state index contributed by atoms with van der Waals surface area (Å²) >= 11 is 0. The Morgan fingerprint density at radius 3 is 2.68 bits per heavy atom. The lowest BCUT2D eigenvalue weighted by Gasteiger charge is -2.38. The first-order valence-electron chi connectivity index (χ1n) is 7.84. The molecule has 4 rings (SSSR count). The standard InChI is InChI=1S/C18H15F2N3O2/c1-25-14-7-6-11(15(19)16(14)20)18(24)23-8-10(9-23)17-21-12-4-2-3-5-13(12)22-17/h2-7,10H,8-9H2,1H3,(H,21,22). The fourth-order valence-electron chi connectivity index (χ4n) is 3.01. The molecular weight excluding hydrogens is 328 g/mol. The van der Waals surface area contributed by atoms with E-state index in [1.165, 1.54) is 24.1 Å². The number of halogens is 2. The van der Waals surface area contributed by atoms with E-state index >= 15 is 0 Å². The summed E-state index contributed by atoms with van der Waals surface area (Å²) in [6, 6.07) is 10.2. The van der Waals surface area contributed by atoms with Crippen LogP contribution in [0.25, 0.3) is 11.0 Å². The van der Waals surface area contributed by atoms with E-state index in [9.17, 15) is 13.6 Å². The van der Waals surface area contributed by atoms with Gasteiger partial charge in [0.15, 0.2) is 11.6 Å². The summed E-state index contributed by atoms with van der Waals surface area (Å²) in [5.74, 6) is -2.24. The van der Waals surface area contributed by atoms with Crippen LogP contribution in [0.1, 0.15) is 22.1 Å². The summed E-state index contributed by atoms with van der Waals surface area (Å²) < 4.78 is 32.6. The van der Waals surface area contributed by atoms with Crippen molar-refractivity contribution in [2.24, 2.45) is 0 Å². The lowest BCUT2D eigenvalue weighted by atomic mass is 9.98. The predicted octanol–water partition coefficient (Wildman–Crippen LogP) is 3.09. The van der Waals surface area contributed by atoms with Crippen molar-refractivity contribution in [3.63, 3.8) is 0 Å². The van der Waals surface area contributed by atoms with Gasteiger partial charge < -0.3 is 14.6 Å². The predicted molar refractivity (Wildman–Crippen MR) is 87.6 cm³/mol. The van der Waals surface area contributed by atoms with Crippen LogP contribution in [0.3, 0.4) is 0 Å². The fourth-order valence-corrected chi connectivity index (χ4v) is 3.01. The van der Waals surface area contributed by atoms with E-state index in [4.69, 9.17) is 4.74 Å². The third kappa shape index (κ3) is 2.52. The second-order valence-electron chi connectivity index (χ2n) is 5.99. The summed E-state index contributed by atoms with van der Waals surface area (Å²) in [6.45, 7) is 0.817. The molecule has 0 bridgehead atoms. The minimum Gasteiger partial charge on any atom is -0.494 e. The number of likely N-dealkylation sites (tertiary alicyclic amines) is 1. The number of imidazole rings is 1. The molecule has 7 heteroatoms. The Hall–Kier alpha value is -2.96. The van der Waals surface area contributed by atoms with Crippen molar-refractivity contribution in [1.82, 2.24) is 14.9 Å². The zero-order chi connectivity index (χ0) is 17.6. The molecule has 1 amide bonds. The molecule has 1 aromatic heterocycles. The normalized spacial score (nSPS) is 14.6. The van der Waals surface area contributed by atoms with E-state index in [0.717, 1.165) is 16.9 Å². The minimum atomic E-state index is -1.18. The van der Waals surface area contributed by atoms with E-state index in [2.05, 4.69) is 9.97 Å². The van der Waals surface area contributed by atoms with Crippen molar-refractivity contribution in [1.29, 1.82) is 0 Å². The van der Waals surface area contributed by atoms with Crippen LogP contribution in [0, 0.1) is 11.6 Å². The zero-order valence-corrected chi connectivity index (χ0v) is 13.4. The number of carbonyl (C=O) groups excluding carboxylic acids is 1. The number of nitrogens with zero attached hydrogens (tertiary/aromatic N) is 2. The molecule has 3 aromatic rings. The molecule has 0 radical (unpaired) electrons. The highest BCUT2D eigenvalue weighted by atomic mass is 19.2. The number of carbonyl (C=O) groups is 1. The molecule has 0 unspecified atom stereocenters. The van der Waals surface area contributed by atoms with Crippen LogP contribution in [-0.2, 0) is 0 Å². The van der Waals surface area contributed by atoms with Gasteiger partial charge in [-0.15, -0.1) is 0 Å². The number of nitrogens with one attached hydrogen (secondary N) is 1. The monoisotopic (exact) mass is 343 g/mol. The molecule has 1 N–H and O–H groups in total. The van der Waals surface area contributed by atoms with Gasteiger partial charge in [0, 0.05) is 13.1 Å². The Kier molecular flexibility index (Phi) is 3.63. The number of amides is 1. The van der Waals surface area contributed by atoms with Gasteiger partial charge in [0.1, 0.15) is 5.82 Å². The number of ether oxygens (including phenoxy) is 1. The molecule has 25 heavy (non-hydrogen) atoms. The average molecular weight is 343 g/mol. The van der Waals surface area contributed by atoms with Gasteiger partial charge in [-0.1, -0.05) is 12.1 Å². The van der Waals surface area contributed by atoms with Gasteiger partial charge in [0.2, 0.25) is 5.82 Å². The molecule has 0 atom stereocenters. The van der Waals surface area contributed by atoms with Crippen molar-refractivity contribution >= 4 is 16.9 Å². The maximum atomic E-state index is 14.1. The Morgan fingerprint density at radius 1 is 1.20 bits per heavy atom. The van der Waals surface area contributed by atoms with E-state index in [0.29, 0.717) is 13.1 Å². The highest BCUT2D eigenvalue weighted by Gasteiger charge is 2.35. The number of hydrogen-bond acceptors (Lipinski definition) is 3. The lowest BCUT2D eigenvalue weighted by molar-refractivity contribution is 0.0589. The Morgan fingerprint density at radius 2 is 1.96 bits per heavy atom. The molecular formula is C18H15F2N3O2. The quantitative estimate of drug-likeness (QED) is 0.795. The van der Waals surface area contributed by atoms with E-state index < -0.39 is 17.5 Å². The van der Waals surface area contributed by atoms with Gasteiger partial charge in [-0.05, 0) is 24.3 Å². The summed E-state index contributed by atoms with van der Waals surface area (Å²) in [7, 11) is 1.24. The number of benzene rings is 2. The van der Waals surface area contributed by atoms with Crippen LogP contribution in [0.4, 0.5) is 8.78 Å². The molecule has 1 aliphatic rings. The molecule has 128 valence electrons. The van der Waals surface area contributed by atoms with Crippen molar-refractivity contribution in [3.05, 3.63) is 59.4 Å². The SMILES string of the molecule is COc1ccc(C(=O)N2CC(c3nc4ccccc4[nH]3)C2)c(F)c1F. The molecule has 0 saturated carbocycles. The minimum absolute atomic E-state index is 0.0579. The third-order valence-corrected chi connectivity index (χ3v) is 4.46. The molecule has 1 saturated heterocycles. The largest absolute Gasteiger partial charge is 0.494 e. The van der Waals surface area contributed by atoms with E-state index in [1.54, 1.807) is 0 Å². The Labute approximate surface area is 142 Å². The molecule has 2 heterocycles. The number of aromatic amines is 1. The van der Waals surface area contributed by atoms with Crippen molar-refractivity contribution in [2.45, 2.75) is 5.92 Å². The highest BCUT2D eigenvalue weighted by molar-refractivity contribution is 5.95. The van der Waals surface area contributed by atoms with Crippen LogP contribution in [0.2, 0.25) is 0 Å². The van der Waals surface area contributed by atoms with Gasteiger partial charge in [0.25, 0.3) is 5.91 Å². The third-order valence-electron chi connectivity index (χ3n) is 4.46. The number of methoxy groups -OCH3 is 1. The van der Waals surface area contributed by atoms with E-state index in [-0.39, 0.29) is 17.2 Å². The van der Waals surface area contributed by atoms with Crippen LogP contribution in [0.15, 0.2) is 36.4 Å². The lowest BCUT2D eigenvalue weighted by Crippen LogP contribution is -2.49. The van der Waals surface area contributed by atoms with Gasteiger partial charge in [-0.2, -0.15) is 4.39 Å². The first-order valence-corrected chi connectivity index (χ1v) is 7.84. The molecule has 1 aliphatic heterocycles. The van der Waals surface area contributed by atoms with Gasteiger partial charge >= 0.3 is 0 Å². The second-order valence-corrected chi connectivity index (χ2v) is 5.99. The number of H-pyrrole nitrogens is 1. The molecule has 5 nitrogen and oxygen atoms in total. The fraction of sp³-hybridized carbons (Fsp3) is 0.222. The molecule has 1 fully saturated rings. The average Bonchev–Trinajstić information content (AvgIpc) is 2.99. The topological polar surface area (TPSA) is 58.2 Å². The maximum Gasteiger partial charge on any atom is 0.256 e. The van der Waals surface area contributed by atoms with Crippen LogP contribution in [-0.4, -0.2) is 41.0 Å². The summed E-state index contributed by atoms with van der Waals surface area (Å²) in [4.78, 5) is 21.6. The van der Waals surface area contributed by atoms with E-state index in [1.807, 2.05) is 24.3 Å².